The molecule has 0 saturated carbocycles. The van der Waals surface area contributed by atoms with Crippen molar-refractivity contribution >= 4 is 21.5 Å². The standard InChI is InChI=1S/C67H72/c1-43(2)32-36-66(37-33-44(3)4)62-21-15-14-20-58(62)59-27-23-49(40-63(59)66)53-30-31-54(57-19-13-12-18-56(53)57)50-25-29-61-60-28-24-48(52-26-22-47(9)51-16-10-11-17-55(51)52)41-64(60)67(65(61)42-50,38-34-45(5)6)39-35-46(7)8/h10-31,40-46H,32-39H2,1-9H3. The molecule has 340 valence electrons. The van der Waals surface area contributed by atoms with Crippen molar-refractivity contribution in [1.29, 1.82) is 0 Å². The molecule has 0 fully saturated rings. The zero-order chi connectivity index (χ0) is 46.6. The van der Waals surface area contributed by atoms with Gasteiger partial charge in [0.15, 0.2) is 0 Å². The van der Waals surface area contributed by atoms with Crippen LogP contribution in [0.2, 0.25) is 0 Å². The van der Waals surface area contributed by atoms with Crippen LogP contribution >= 0.6 is 0 Å². The highest BCUT2D eigenvalue weighted by atomic mass is 14.5. The van der Waals surface area contributed by atoms with Crippen LogP contribution in [0, 0.1) is 30.6 Å². The smallest absolute Gasteiger partial charge is 0.0215 e. The average Bonchev–Trinajstić information content (AvgIpc) is 3.76. The lowest BCUT2D eigenvalue weighted by Gasteiger charge is -2.34. The average molecular weight is 877 g/mol. The summed E-state index contributed by atoms with van der Waals surface area (Å²) in [6, 6.07) is 59.6. The minimum absolute atomic E-state index is 0.0283. The first-order chi connectivity index (χ1) is 32.4. The van der Waals surface area contributed by atoms with Gasteiger partial charge in [0, 0.05) is 10.8 Å². The molecule has 0 aliphatic heterocycles. The summed E-state index contributed by atoms with van der Waals surface area (Å²) in [5.41, 5.74) is 21.1. The molecule has 0 atom stereocenters. The molecule has 8 aromatic rings. The Kier molecular flexibility index (Phi) is 12.2. The summed E-state index contributed by atoms with van der Waals surface area (Å²) < 4.78 is 0. The van der Waals surface area contributed by atoms with Crippen molar-refractivity contribution in [2.75, 3.05) is 0 Å². The fraction of sp³-hybridized carbons (Fsp3) is 0.343. The normalized spacial score (nSPS) is 14.4. The quantitative estimate of drug-likeness (QED) is 0.0963. The van der Waals surface area contributed by atoms with Gasteiger partial charge in [0.2, 0.25) is 0 Å². The van der Waals surface area contributed by atoms with Crippen LogP contribution in [-0.4, -0.2) is 0 Å². The number of hydrogen-bond acceptors (Lipinski definition) is 0. The van der Waals surface area contributed by atoms with Crippen LogP contribution in [0.5, 0.6) is 0 Å². The molecule has 0 radical (unpaired) electrons. The highest BCUT2D eigenvalue weighted by Gasteiger charge is 2.44. The molecule has 0 unspecified atom stereocenters. The van der Waals surface area contributed by atoms with Crippen LogP contribution in [-0.2, 0) is 10.8 Å². The first-order valence-electron chi connectivity index (χ1n) is 25.9. The topological polar surface area (TPSA) is 0 Å². The molecule has 0 heteroatoms. The first-order valence-corrected chi connectivity index (χ1v) is 25.9. The molecule has 0 aromatic heterocycles. The van der Waals surface area contributed by atoms with Crippen molar-refractivity contribution in [3.63, 3.8) is 0 Å². The second-order valence-corrected chi connectivity index (χ2v) is 22.4. The predicted molar refractivity (Wildman–Crippen MR) is 291 cm³/mol. The third-order valence-corrected chi connectivity index (χ3v) is 16.2. The van der Waals surface area contributed by atoms with Gasteiger partial charge in [-0.05, 0) is 205 Å². The van der Waals surface area contributed by atoms with Gasteiger partial charge in [-0.25, -0.2) is 0 Å². The maximum absolute atomic E-state index is 2.63. The van der Waals surface area contributed by atoms with Gasteiger partial charge < -0.3 is 0 Å². The van der Waals surface area contributed by atoms with E-state index in [4.69, 9.17) is 0 Å². The van der Waals surface area contributed by atoms with E-state index in [2.05, 4.69) is 214 Å². The predicted octanol–water partition coefficient (Wildman–Crippen LogP) is 19.6. The summed E-state index contributed by atoms with van der Waals surface area (Å²) in [7, 11) is 0. The van der Waals surface area contributed by atoms with Gasteiger partial charge >= 0.3 is 0 Å². The summed E-state index contributed by atoms with van der Waals surface area (Å²) >= 11 is 0. The Morgan fingerprint density at radius 3 is 1.00 bits per heavy atom. The molecule has 0 amide bonds. The second kappa shape index (κ2) is 18.1. The van der Waals surface area contributed by atoms with E-state index in [9.17, 15) is 0 Å². The zero-order valence-corrected chi connectivity index (χ0v) is 41.9. The first kappa shape index (κ1) is 45.1. The van der Waals surface area contributed by atoms with Crippen molar-refractivity contribution < 1.29 is 0 Å². The molecule has 2 aliphatic carbocycles. The van der Waals surface area contributed by atoms with Crippen LogP contribution in [0.25, 0.3) is 77.2 Å². The molecule has 0 heterocycles. The van der Waals surface area contributed by atoms with Gasteiger partial charge in [0.25, 0.3) is 0 Å². The van der Waals surface area contributed by atoms with Crippen molar-refractivity contribution in [3.8, 4) is 55.6 Å². The number of rotatable bonds is 15. The van der Waals surface area contributed by atoms with E-state index in [1.54, 1.807) is 5.56 Å². The SMILES string of the molecule is Cc1ccc(-c2ccc3c(c2)C(CCC(C)C)(CCC(C)C)c2cc(-c4ccc(-c5ccc6c(c5)C(CCC(C)C)(CCC(C)C)c5ccccc5-6)c5ccccc45)ccc2-3)c2ccccc12. The highest BCUT2D eigenvalue weighted by Crippen LogP contribution is 2.58. The molecule has 0 saturated heterocycles. The largest absolute Gasteiger partial charge is 0.0628 e. The van der Waals surface area contributed by atoms with Crippen molar-refractivity contribution in [2.45, 2.75) is 125 Å². The summed E-state index contributed by atoms with van der Waals surface area (Å²) in [4.78, 5) is 0. The highest BCUT2D eigenvalue weighted by molar-refractivity contribution is 6.06. The Bertz CT molecular complexity index is 3090. The lowest BCUT2D eigenvalue weighted by Crippen LogP contribution is -2.27. The molecule has 0 N–H and O–H groups in total. The number of hydrogen-bond donors (Lipinski definition) is 0. The van der Waals surface area contributed by atoms with E-state index in [0.717, 1.165) is 12.8 Å². The molecule has 10 rings (SSSR count). The zero-order valence-electron chi connectivity index (χ0n) is 41.9. The molecule has 0 nitrogen and oxygen atoms in total. The molecular formula is C67H72. The Balaban J connectivity index is 1.11. The molecule has 67 heavy (non-hydrogen) atoms. The van der Waals surface area contributed by atoms with E-state index >= 15 is 0 Å². The van der Waals surface area contributed by atoms with Crippen LogP contribution in [0.15, 0.2) is 152 Å². The Hall–Kier alpha value is -5.72. The molecule has 0 spiro atoms. The fourth-order valence-corrected chi connectivity index (χ4v) is 12.4. The lowest BCUT2D eigenvalue weighted by molar-refractivity contribution is 0.364. The summed E-state index contributed by atoms with van der Waals surface area (Å²) in [5.74, 6) is 2.56. The van der Waals surface area contributed by atoms with E-state index in [-0.39, 0.29) is 10.8 Å². The second-order valence-electron chi connectivity index (χ2n) is 22.4. The third-order valence-electron chi connectivity index (χ3n) is 16.2. The van der Waals surface area contributed by atoms with E-state index < -0.39 is 0 Å². The third kappa shape index (κ3) is 7.97. The number of aryl methyl sites for hydroxylation is 1. The number of benzene rings is 8. The maximum atomic E-state index is 2.63. The Morgan fingerprint density at radius 2 is 0.597 bits per heavy atom. The lowest BCUT2D eigenvalue weighted by atomic mass is 9.69. The monoisotopic (exact) mass is 877 g/mol. The Labute approximate surface area is 402 Å². The van der Waals surface area contributed by atoms with Crippen LogP contribution in [0.3, 0.4) is 0 Å². The van der Waals surface area contributed by atoms with Gasteiger partial charge in [-0.1, -0.05) is 189 Å². The molecule has 2 aliphatic rings. The molecular weight excluding hydrogens is 805 g/mol. The fourth-order valence-electron chi connectivity index (χ4n) is 12.4. The minimum atomic E-state index is -0.0684. The van der Waals surface area contributed by atoms with Crippen molar-refractivity contribution in [2.24, 2.45) is 23.7 Å². The summed E-state index contributed by atoms with van der Waals surface area (Å²) in [6.07, 6.45) is 9.51. The van der Waals surface area contributed by atoms with Crippen LogP contribution in [0.1, 0.15) is 135 Å². The van der Waals surface area contributed by atoms with Gasteiger partial charge in [-0.2, -0.15) is 0 Å². The van der Waals surface area contributed by atoms with Gasteiger partial charge in [0.05, 0.1) is 0 Å². The molecule has 8 aromatic carbocycles. The van der Waals surface area contributed by atoms with E-state index in [1.807, 2.05) is 0 Å². The van der Waals surface area contributed by atoms with Crippen molar-refractivity contribution in [1.82, 2.24) is 0 Å². The van der Waals surface area contributed by atoms with Gasteiger partial charge in [0.1, 0.15) is 0 Å². The summed E-state index contributed by atoms with van der Waals surface area (Å²) in [5, 5.41) is 5.34. The van der Waals surface area contributed by atoms with Gasteiger partial charge in [-0.15, -0.1) is 0 Å². The molecule has 0 bridgehead atoms. The maximum Gasteiger partial charge on any atom is 0.0215 e. The summed E-state index contributed by atoms with van der Waals surface area (Å²) in [6.45, 7) is 21.4. The van der Waals surface area contributed by atoms with E-state index in [1.165, 1.54) is 138 Å². The van der Waals surface area contributed by atoms with E-state index in [0.29, 0.717) is 23.7 Å². The van der Waals surface area contributed by atoms with Crippen LogP contribution in [0.4, 0.5) is 0 Å². The van der Waals surface area contributed by atoms with Crippen molar-refractivity contribution in [3.05, 3.63) is 179 Å². The number of fused-ring (bicyclic) bond motifs is 8. The Morgan fingerprint density at radius 1 is 0.299 bits per heavy atom. The van der Waals surface area contributed by atoms with Gasteiger partial charge in [-0.3, -0.25) is 0 Å². The minimum Gasteiger partial charge on any atom is -0.0628 e. The van der Waals surface area contributed by atoms with Crippen LogP contribution < -0.4 is 0 Å².